The van der Waals surface area contributed by atoms with E-state index in [1.807, 2.05) is 0 Å². The van der Waals surface area contributed by atoms with Crippen LogP contribution in [0.1, 0.15) is 47.0 Å². The molecule has 1 saturated carbocycles. The zero-order chi connectivity index (χ0) is 12.1. The molecule has 3 atom stereocenters. The Bertz CT molecular complexity index is 191. The summed E-state index contributed by atoms with van der Waals surface area (Å²) in [6.45, 7) is 11.5. The topological polar surface area (TPSA) is 15.3 Å². The van der Waals surface area contributed by atoms with Crippen LogP contribution in [-0.2, 0) is 0 Å². The first-order chi connectivity index (χ1) is 7.56. The minimum absolute atomic E-state index is 0.731. The Hall–Kier alpha value is -0.0800. The molecule has 96 valence electrons. The molecule has 0 amide bonds. The first kappa shape index (κ1) is 14.0. The highest BCUT2D eigenvalue weighted by Crippen LogP contribution is 2.32. The van der Waals surface area contributed by atoms with Gasteiger partial charge in [0.1, 0.15) is 0 Å². The lowest BCUT2D eigenvalue weighted by molar-refractivity contribution is 0.0488. The van der Waals surface area contributed by atoms with Crippen molar-refractivity contribution in [1.29, 1.82) is 0 Å². The Morgan fingerprint density at radius 1 is 1.25 bits per heavy atom. The maximum Gasteiger partial charge on any atom is 0.0135 e. The Labute approximate surface area is 102 Å². The van der Waals surface area contributed by atoms with Crippen molar-refractivity contribution in [2.75, 3.05) is 20.1 Å². The molecule has 1 rings (SSSR count). The quantitative estimate of drug-likeness (QED) is 0.718. The molecule has 16 heavy (non-hydrogen) atoms. The molecule has 1 fully saturated rings. The van der Waals surface area contributed by atoms with Gasteiger partial charge in [-0.05, 0) is 58.2 Å². The van der Waals surface area contributed by atoms with Crippen molar-refractivity contribution in [3.63, 3.8) is 0 Å². The first-order valence-electron chi connectivity index (χ1n) is 6.98. The predicted molar refractivity (Wildman–Crippen MR) is 71.7 cm³/mol. The van der Waals surface area contributed by atoms with Crippen molar-refractivity contribution in [3.05, 3.63) is 0 Å². The molecule has 3 unspecified atom stereocenters. The van der Waals surface area contributed by atoms with Gasteiger partial charge in [-0.25, -0.2) is 0 Å². The van der Waals surface area contributed by atoms with Gasteiger partial charge in [0.15, 0.2) is 0 Å². The molecular weight excluding hydrogens is 196 g/mol. The fraction of sp³-hybridized carbons (Fsp3) is 1.00. The van der Waals surface area contributed by atoms with Gasteiger partial charge in [-0.1, -0.05) is 20.8 Å². The van der Waals surface area contributed by atoms with Crippen molar-refractivity contribution in [1.82, 2.24) is 10.2 Å². The van der Waals surface area contributed by atoms with Crippen LogP contribution < -0.4 is 5.32 Å². The smallest absolute Gasteiger partial charge is 0.0135 e. The maximum absolute atomic E-state index is 3.49. The average Bonchev–Trinajstić information content (AvgIpc) is 2.15. The van der Waals surface area contributed by atoms with E-state index in [4.69, 9.17) is 0 Å². The van der Waals surface area contributed by atoms with Gasteiger partial charge < -0.3 is 10.2 Å². The van der Waals surface area contributed by atoms with Gasteiger partial charge in [-0.2, -0.15) is 0 Å². The number of nitrogens with zero attached hydrogens (tertiary/aromatic N) is 1. The van der Waals surface area contributed by atoms with Crippen molar-refractivity contribution in [2.45, 2.75) is 59.0 Å². The Morgan fingerprint density at radius 2 is 1.94 bits per heavy atom. The van der Waals surface area contributed by atoms with Crippen LogP contribution in [0.4, 0.5) is 0 Å². The summed E-state index contributed by atoms with van der Waals surface area (Å²) in [5, 5.41) is 3.49. The van der Waals surface area contributed by atoms with Crippen molar-refractivity contribution < 1.29 is 0 Å². The summed E-state index contributed by atoms with van der Waals surface area (Å²) in [5.74, 6) is 1.70. The lowest BCUT2D eigenvalue weighted by Crippen LogP contribution is -2.52. The first-order valence-corrected chi connectivity index (χ1v) is 6.98. The minimum Gasteiger partial charge on any atom is -0.317 e. The summed E-state index contributed by atoms with van der Waals surface area (Å²) in [7, 11) is 2.32. The van der Waals surface area contributed by atoms with E-state index >= 15 is 0 Å². The summed E-state index contributed by atoms with van der Waals surface area (Å²) >= 11 is 0. The van der Waals surface area contributed by atoms with E-state index in [0.717, 1.165) is 30.5 Å². The van der Waals surface area contributed by atoms with Crippen molar-refractivity contribution in [3.8, 4) is 0 Å². The number of rotatable bonds is 7. The van der Waals surface area contributed by atoms with Gasteiger partial charge in [0.25, 0.3) is 0 Å². The molecule has 0 spiro atoms. The predicted octanol–water partition coefficient (Wildman–Crippen LogP) is 2.74. The number of nitrogens with one attached hydrogen (secondary N) is 1. The molecule has 2 heteroatoms. The van der Waals surface area contributed by atoms with E-state index in [1.54, 1.807) is 0 Å². The van der Waals surface area contributed by atoms with Crippen LogP contribution in [0.15, 0.2) is 0 Å². The fourth-order valence-electron chi connectivity index (χ4n) is 2.83. The molecule has 0 bridgehead atoms. The van der Waals surface area contributed by atoms with E-state index < -0.39 is 0 Å². The zero-order valence-corrected chi connectivity index (χ0v) is 11.8. The number of hydrogen-bond acceptors (Lipinski definition) is 2. The van der Waals surface area contributed by atoms with Gasteiger partial charge in [0.05, 0.1) is 0 Å². The van der Waals surface area contributed by atoms with Crippen molar-refractivity contribution in [2.24, 2.45) is 11.8 Å². The minimum atomic E-state index is 0.731. The SMILES string of the molecule is CCNCC1CCC1N(C)C(C)CC(C)C. The monoisotopic (exact) mass is 226 g/mol. The molecule has 1 N–H and O–H groups in total. The summed E-state index contributed by atoms with van der Waals surface area (Å²) in [6.07, 6.45) is 4.13. The molecule has 2 nitrogen and oxygen atoms in total. The second-order valence-electron chi connectivity index (χ2n) is 5.86. The molecule has 0 aromatic heterocycles. The summed E-state index contributed by atoms with van der Waals surface area (Å²) < 4.78 is 0. The van der Waals surface area contributed by atoms with E-state index in [-0.39, 0.29) is 0 Å². The average molecular weight is 226 g/mol. The highest BCUT2D eigenvalue weighted by atomic mass is 15.2. The third-order valence-corrected chi connectivity index (χ3v) is 4.06. The molecule has 1 aliphatic rings. The second-order valence-corrected chi connectivity index (χ2v) is 5.86. The van der Waals surface area contributed by atoms with Gasteiger partial charge >= 0.3 is 0 Å². The van der Waals surface area contributed by atoms with Crippen LogP contribution >= 0.6 is 0 Å². The zero-order valence-electron chi connectivity index (χ0n) is 11.8. The van der Waals surface area contributed by atoms with Gasteiger partial charge in [0, 0.05) is 12.1 Å². The lowest BCUT2D eigenvalue weighted by Gasteiger charge is -2.45. The Morgan fingerprint density at radius 3 is 2.38 bits per heavy atom. The van der Waals surface area contributed by atoms with Crippen LogP contribution in [0.2, 0.25) is 0 Å². The van der Waals surface area contributed by atoms with Crippen molar-refractivity contribution >= 4 is 0 Å². The lowest BCUT2D eigenvalue weighted by atomic mass is 9.77. The van der Waals surface area contributed by atoms with Crippen LogP contribution in [0.3, 0.4) is 0 Å². The summed E-state index contributed by atoms with van der Waals surface area (Å²) in [5.41, 5.74) is 0. The van der Waals surface area contributed by atoms with E-state index in [9.17, 15) is 0 Å². The standard InChI is InChI=1S/C14H30N2/c1-6-15-10-13-7-8-14(13)16(5)12(4)9-11(2)3/h11-15H,6-10H2,1-5H3. The summed E-state index contributed by atoms with van der Waals surface area (Å²) in [4.78, 5) is 2.62. The van der Waals surface area contributed by atoms with Crippen LogP contribution in [0, 0.1) is 11.8 Å². The largest absolute Gasteiger partial charge is 0.317 e. The van der Waals surface area contributed by atoms with Crippen LogP contribution in [-0.4, -0.2) is 37.1 Å². The second kappa shape index (κ2) is 6.61. The van der Waals surface area contributed by atoms with Crippen LogP contribution in [0.5, 0.6) is 0 Å². The third kappa shape index (κ3) is 3.74. The number of hydrogen-bond donors (Lipinski definition) is 1. The highest BCUT2D eigenvalue weighted by Gasteiger charge is 2.34. The normalized spacial score (nSPS) is 27.2. The van der Waals surface area contributed by atoms with Gasteiger partial charge in [0.2, 0.25) is 0 Å². The molecule has 1 aliphatic carbocycles. The molecule has 0 aromatic carbocycles. The maximum atomic E-state index is 3.49. The Kier molecular flexibility index (Phi) is 5.77. The molecule has 0 aromatic rings. The third-order valence-electron chi connectivity index (χ3n) is 4.06. The molecule has 0 heterocycles. The molecule has 0 aliphatic heterocycles. The Balaban J connectivity index is 2.32. The fourth-order valence-corrected chi connectivity index (χ4v) is 2.83. The van der Waals surface area contributed by atoms with E-state index in [0.29, 0.717) is 0 Å². The van der Waals surface area contributed by atoms with E-state index in [2.05, 4.69) is 45.0 Å². The molecule has 0 radical (unpaired) electrons. The summed E-state index contributed by atoms with van der Waals surface area (Å²) in [6, 6.07) is 1.56. The molecular formula is C14H30N2. The highest BCUT2D eigenvalue weighted by molar-refractivity contribution is 4.90. The molecule has 0 saturated heterocycles. The van der Waals surface area contributed by atoms with E-state index in [1.165, 1.54) is 25.8 Å². The van der Waals surface area contributed by atoms with Crippen LogP contribution in [0.25, 0.3) is 0 Å². The van der Waals surface area contributed by atoms with Gasteiger partial charge in [-0.15, -0.1) is 0 Å². The van der Waals surface area contributed by atoms with Gasteiger partial charge in [-0.3, -0.25) is 0 Å².